The van der Waals surface area contributed by atoms with Crippen molar-refractivity contribution in [1.82, 2.24) is 0 Å². The third-order valence-electron chi connectivity index (χ3n) is 2.63. The van der Waals surface area contributed by atoms with Crippen LogP contribution in [-0.4, -0.2) is 57.6 Å². The predicted octanol–water partition coefficient (Wildman–Crippen LogP) is 1.99. The highest BCUT2D eigenvalue weighted by Gasteiger charge is 2.32. The molecule has 5 nitrogen and oxygen atoms in total. The standard InChI is InChI=1S/C8H16O3.C6H12O2/c1-4-9-5-7-6-10-8(2,3)11-7;1-2-3-7-4-6-5-8-6/h7H,4-6H2,1-3H3;6H,2-5H2,1H3. The van der Waals surface area contributed by atoms with Crippen LogP contribution in [0.25, 0.3) is 0 Å². The molecule has 2 aliphatic rings. The maximum atomic E-state index is 5.50. The van der Waals surface area contributed by atoms with E-state index in [2.05, 4.69) is 6.92 Å². The normalized spacial score (nSPS) is 27.8. The molecule has 114 valence electrons. The number of rotatable bonds is 7. The molecule has 0 amide bonds. The minimum atomic E-state index is -0.415. The van der Waals surface area contributed by atoms with Gasteiger partial charge >= 0.3 is 0 Å². The molecule has 2 fully saturated rings. The Kier molecular flexibility index (Phi) is 7.87. The Labute approximate surface area is 116 Å². The summed E-state index contributed by atoms with van der Waals surface area (Å²) in [6.45, 7) is 12.5. The van der Waals surface area contributed by atoms with Gasteiger partial charge in [-0.05, 0) is 27.2 Å². The summed E-state index contributed by atoms with van der Waals surface area (Å²) < 4.78 is 26.2. The lowest BCUT2D eigenvalue weighted by atomic mass is 10.4. The van der Waals surface area contributed by atoms with Crippen molar-refractivity contribution in [3.8, 4) is 0 Å². The van der Waals surface area contributed by atoms with Crippen LogP contribution in [-0.2, 0) is 23.7 Å². The van der Waals surface area contributed by atoms with Gasteiger partial charge in [0.1, 0.15) is 12.2 Å². The molecule has 2 saturated heterocycles. The van der Waals surface area contributed by atoms with E-state index in [4.69, 9.17) is 23.7 Å². The molecule has 0 N–H and O–H groups in total. The zero-order valence-electron chi connectivity index (χ0n) is 12.6. The summed E-state index contributed by atoms with van der Waals surface area (Å²) in [6, 6.07) is 0. The van der Waals surface area contributed by atoms with Crippen LogP contribution in [0.4, 0.5) is 0 Å². The highest BCUT2D eigenvalue weighted by molar-refractivity contribution is 4.69. The monoisotopic (exact) mass is 276 g/mol. The van der Waals surface area contributed by atoms with E-state index in [-0.39, 0.29) is 6.10 Å². The molecule has 0 saturated carbocycles. The maximum Gasteiger partial charge on any atom is 0.163 e. The van der Waals surface area contributed by atoms with Crippen LogP contribution in [0.15, 0.2) is 0 Å². The van der Waals surface area contributed by atoms with Crippen molar-refractivity contribution >= 4 is 0 Å². The third kappa shape index (κ3) is 8.55. The van der Waals surface area contributed by atoms with Gasteiger partial charge in [-0.1, -0.05) is 6.92 Å². The first-order chi connectivity index (χ1) is 9.07. The summed E-state index contributed by atoms with van der Waals surface area (Å²) in [5, 5.41) is 0. The third-order valence-corrected chi connectivity index (χ3v) is 2.63. The van der Waals surface area contributed by atoms with Crippen molar-refractivity contribution in [3.63, 3.8) is 0 Å². The number of epoxide rings is 1. The van der Waals surface area contributed by atoms with Gasteiger partial charge < -0.3 is 23.7 Å². The van der Waals surface area contributed by atoms with E-state index in [1.54, 1.807) is 0 Å². The Morgan fingerprint density at radius 1 is 1.05 bits per heavy atom. The van der Waals surface area contributed by atoms with Crippen LogP contribution in [0.2, 0.25) is 0 Å². The summed E-state index contributed by atoms with van der Waals surface area (Å²) in [5.41, 5.74) is 0. The maximum absolute atomic E-state index is 5.50. The lowest BCUT2D eigenvalue weighted by Gasteiger charge is -2.16. The van der Waals surface area contributed by atoms with Crippen LogP contribution in [0, 0.1) is 0 Å². The number of hydrogen-bond acceptors (Lipinski definition) is 5. The highest BCUT2D eigenvalue weighted by Crippen LogP contribution is 2.22. The Balaban J connectivity index is 0.000000200. The molecule has 2 atom stereocenters. The van der Waals surface area contributed by atoms with Gasteiger partial charge in [0.2, 0.25) is 0 Å². The molecule has 5 heteroatoms. The molecule has 0 aromatic carbocycles. The second kappa shape index (κ2) is 8.87. The van der Waals surface area contributed by atoms with Crippen LogP contribution in [0.3, 0.4) is 0 Å². The summed E-state index contributed by atoms with van der Waals surface area (Å²) in [5.74, 6) is -0.415. The van der Waals surface area contributed by atoms with E-state index in [9.17, 15) is 0 Å². The minimum Gasteiger partial charge on any atom is -0.379 e. The van der Waals surface area contributed by atoms with Crippen molar-refractivity contribution in [2.75, 3.05) is 39.6 Å². The van der Waals surface area contributed by atoms with Crippen LogP contribution >= 0.6 is 0 Å². The molecule has 2 unspecified atom stereocenters. The highest BCUT2D eigenvalue weighted by atomic mass is 16.7. The Morgan fingerprint density at radius 3 is 2.21 bits per heavy atom. The van der Waals surface area contributed by atoms with E-state index < -0.39 is 5.79 Å². The molecular formula is C14H28O5. The van der Waals surface area contributed by atoms with Crippen molar-refractivity contribution in [2.45, 2.75) is 52.1 Å². The second-order valence-electron chi connectivity index (χ2n) is 5.14. The van der Waals surface area contributed by atoms with E-state index in [1.807, 2.05) is 20.8 Å². The van der Waals surface area contributed by atoms with Crippen LogP contribution < -0.4 is 0 Å². The first kappa shape index (κ1) is 16.9. The van der Waals surface area contributed by atoms with E-state index in [1.165, 1.54) is 0 Å². The summed E-state index contributed by atoms with van der Waals surface area (Å²) in [6.07, 6.45) is 1.65. The van der Waals surface area contributed by atoms with E-state index in [0.29, 0.717) is 19.3 Å². The Bertz CT molecular complexity index is 228. The Morgan fingerprint density at radius 2 is 1.74 bits per heavy atom. The fraction of sp³-hybridized carbons (Fsp3) is 1.00. The fourth-order valence-electron chi connectivity index (χ4n) is 1.62. The average Bonchev–Trinajstić information content (AvgIpc) is 3.12. The smallest absolute Gasteiger partial charge is 0.163 e. The molecule has 0 aromatic rings. The number of ether oxygens (including phenoxy) is 5. The first-order valence-electron chi connectivity index (χ1n) is 7.16. The zero-order chi connectivity index (χ0) is 14.1. The summed E-state index contributed by atoms with van der Waals surface area (Å²) in [7, 11) is 0. The van der Waals surface area contributed by atoms with Crippen LogP contribution in [0.5, 0.6) is 0 Å². The average molecular weight is 276 g/mol. The minimum absolute atomic E-state index is 0.116. The fourth-order valence-corrected chi connectivity index (χ4v) is 1.62. The first-order valence-corrected chi connectivity index (χ1v) is 7.16. The van der Waals surface area contributed by atoms with Gasteiger partial charge in [-0.3, -0.25) is 0 Å². The molecule has 0 aliphatic carbocycles. The number of hydrogen-bond donors (Lipinski definition) is 0. The van der Waals surface area contributed by atoms with Gasteiger partial charge in [-0.2, -0.15) is 0 Å². The van der Waals surface area contributed by atoms with Crippen molar-refractivity contribution in [3.05, 3.63) is 0 Å². The summed E-state index contributed by atoms with van der Waals surface area (Å²) in [4.78, 5) is 0. The van der Waals surface area contributed by atoms with Crippen molar-refractivity contribution in [1.29, 1.82) is 0 Å². The molecule has 19 heavy (non-hydrogen) atoms. The van der Waals surface area contributed by atoms with Gasteiger partial charge in [0.05, 0.1) is 26.4 Å². The van der Waals surface area contributed by atoms with Gasteiger partial charge in [0.25, 0.3) is 0 Å². The molecule has 0 bridgehead atoms. The molecule has 2 rings (SSSR count). The lowest BCUT2D eigenvalue weighted by Crippen LogP contribution is -2.23. The van der Waals surface area contributed by atoms with Crippen molar-refractivity contribution < 1.29 is 23.7 Å². The topological polar surface area (TPSA) is 49.5 Å². The van der Waals surface area contributed by atoms with Gasteiger partial charge in [0.15, 0.2) is 5.79 Å². The molecule has 0 spiro atoms. The Hall–Kier alpha value is -0.200. The molecule has 0 radical (unpaired) electrons. The van der Waals surface area contributed by atoms with Crippen molar-refractivity contribution in [2.24, 2.45) is 0 Å². The van der Waals surface area contributed by atoms with E-state index >= 15 is 0 Å². The lowest BCUT2D eigenvalue weighted by molar-refractivity contribution is -0.144. The van der Waals surface area contributed by atoms with Gasteiger partial charge in [0, 0.05) is 13.2 Å². The molecule has 0 aromatic heterocycles. The van der Waals surface area contributed by atoms with Gasteiger partial charge in [-0.25, -0.2) is 0 Å². The van der Waals surface area contributed by atoms with E-state index in [0.717, 1.165) is 32.8 Å². The predicted molar refractivity (Wildman–Crippen MR) is 72.2 cm³/mol. The second-order valence-corrected chi connectivity index (χ2v) is 5.14. The molecule has 2 aliphatic heterocycles. The van der Waals surface area contributed by atoms with Crippen LogP contribution in [0.1, 0.15) is 34.1 Å². The molecular weight excluding hydrogens is 248 g/mol. The largest absolute Gasteiger partial charge is 0.379 e. The molecule has 2 heterocycles. The SMILES string of the molecule is CCCOCC1CO1.CCOCC1COC(C)(C)O1. The van der Waals surface area contributed by atoms with Gasteiger partial charge in [-0.15, -0.1) is 0 Å². The quantitative estimate of drug-likeness (QED) is 0.526. The zero-order valence-corrected chi connectivity index (χ0v) is 12.6. The summed E-state index contributed by atoms with van der Waals surface area (Å²) >= 11 is 0.